The fourth-order valence-corrected chi connectivity index (χ4v) is 3.37. The van der Waals surface area contributed by atoms with Gasteiger partial charge in [-0.2, -0.15) is 0 Å². The molecule has 0 unspecified atom stereocenters. The van der Waals surface area contributed by atoms with Gasteiger partial charge >= 0.3 is 0 Å². The second-order valence-electron chi connectivity index (χ2n) is 5.12. The lowest BCUT2D eigenvalue weighted by Gasteiger charge is -2.17. The Morgan fingerprint density at radius 3 is 2.64 bits per heavy atom. The van der Waals surface area contributed by atoms with Crippen LogP contribution in [0.1, 0.15) is 12.5 Å². The molecule has 0 aliphatic carbocycles. The van der Waals surface area contributed by atoms with Crippen LogP contribution in [0.25, 0.3) is 6.08 Å². The number of carbonyl (C=O) groups excluding carboxylic acids is 1. The fourth-order valence-electron chi connectivity index (χ4n) is 2.33. The zero-order chi connectivity index (χ0) is 18.0. The summed E-state index contributed by atoms with van der Waals surface area (Å²) in [4.78, 5) is 18.5. The molecule has 1 heterocycles. The third-order valence-corrected chi connectivity index (χ3v) is 5.00. The number of anilines is 1. The van der Waals surface area contributed by atoms with Crippen LogP contribution in [-0.2, 0) is 4.79 Å². The highest BCUT2D eigenvalue weighted by Crippen LogP contribution is 2.31. The molecule has 128 valence electrons. The SMILES string of the molecule is CCSC1=NC(=Cc2ccc(Cl)c(Cl)c2)C(=O)N1c1ccccc1F. The molecule has 3 rings (SSSR count). The van der Waals surface area contributed by atoms with Crippen LogP contribution in [0.15, 0.2) is 53.2 Å². The Labute approximate surface area is 159 Å². The molecule has 0 fully saturated rings. The predicted molar refractivity (Wildman–Crippen MR) is 104 cm³/mol. The van der Waals surface area contributed by atoms with Crippen molar-refractivity contribution in [1.82, 2.24) is 0 Å². The number of nitrogens with zero attached hydrogens (tertiary/aromatic N) is 2. The highest BCUT2D eigenvalue weighted by atomic mass is 35.5. The Balaban J connectivity index is 2.02. The van der Waals surface area contributed by atoms with Gasteiger partial charge in [-0.05, 0) is 41.7 Å². The van der Waals surface area contributed by atoms with Gasteiger partial charge in [0, 0.05) is 0 Å². The van der Waals surface area contributed by atoms with Crippen molar-refractivity contribution in [3.8, 4) is 0 Å². The highest BCUT2D eigenvalue weighted by Gasteiger charge is 2.33. The third-order valence-electron chi connectivity index (χ3n) is 3.44. The number of para-hydroxylation sites is 1. The first-order chi connectivity index (χ1) is 12.0. The first-order valence-electron chi connectivity index (χ1n) is 7.48. The number of amidine groups is 1. The average molecular weight is 395 g/mol. The molecule has 0 radical (unpaired) electrons. The van der Waals surface area contributed by atoms with E-state index in [4.69, 9.17) is 23.2 Å². The summed E-state index contributed by atoms with van der Waals surface area (Å²) in [6.45, 7) is 1.94. The molecule has 1 aliphatic heterocycles. The highest BCUT2D eigenvalue weighted by molar-refractivity contribution is 8.14. The molecule has 7 heteroatoms. The normalized spacial score (nSPS) is 15.8. The smallest absolute Gasteiger partial charge is 0.266 e. The van der Waals surface area contributed by atoms with E-state index in [0.717, 1.165) is 0 Å². The molecule has 1 amide bonds. The van der Waals surface area contributed by atoms with Crippen LogP contribution in [0, 0.1) is 5.82 Å². The maximum absolute atomic E-state index is 14.2. The lowest BCUT2D eigenvalue weighted by molar-refractivity contribution is -0.113. The minimum Gasteiger partial charge on any atom is -0.266 e. The van der Waals surface area contributed by atoms with E-state index >= 15 is 0 Å². The number of amides is 1. The van der Waals surface area contributed by atoms with E-state index in [0.29, 0.717) is 26.5 Å². The molecule has 0 N–H and O–H groups in total. The van der Waals surface area contributed by atoms with Crippen molar-refractivity contribution in [2.45, 2.75) is 6.92 Å². The summed E-state index contributed by atoms with van der Waals surface area (Å²) in [6.07, 6.45) is 1.61. The standard InChI is InChI=1S/C18H13Cl2FN2OS/c1-2-25-18-22-15(10-11-7-8-12(19)13(20)9-11)17(24)23(18)16-6-4-3-5-14(16)21/h3-10H,2H2,1H3. The van der Waals surface area contributed by atoms with Crippen LogP contribution in [0.5, 0.6) is 0 Å². The summed E-state index contributed by atoms with van der Waals surface area (Å²) in [5.41, 5.74) is 1.10. The molecule has 0 atom stereocenters. The van der Waals surface area contributed by atoms with Crippen LogP contribution in [0.2, 0.25) is 10.0 Å². The minimum absolute atomic E-state index is 0.185. The first-order valence-corrected chi connectivity index (χ1v) is 9.22. The Kier molecular flexibility index (Phi) is 5.47. The average Bonchev–Trinajstić information content (AvgIpc) is 2.88. The summed E-state index contributed by atoms with van der Waals surface area (Å²) < 4.78 is 14.2. The van der Waals surface area contributed by atoms with E-state index in [9.17, 15) is 9.18 Å². The van der Waals surface area contributed by atoms with E-state index in [1.165, 1.54) is 22.7 Å². The van der Waals surface area contributed by atoms with Crippen molar-refractivity contribution in [1.29, 1.82) is 0 Å². The lowest BCUT2D eigenvalue weighted by atomic mass is 10.2. The topological polar surface area (TPSA) is 32.7 Å². The molecule has 3 nitrogen and oxygen atoms in total. The molecular formula is C18H13Cl2FN2OS. The number of hydrogen-bond acceptors (Lipinski definition) is 3. The number of carbonyl (C=O) groups is 1. The molecule has 0 bridgehead atoms. The summed E-state index contributed by atoms with van der Waals surface area (Å²) in [5, 5.41) is 1.27. The summed E-state index contributed by atoms with van der Waals surface area (Å²) in [6, 6.07) is 11.2. The monoisotopic (exact) mass is 394 g/mol. The second-order valence-corrected chi connectivity index (χ2v) is 7.17. The van der Waals surface area contributed by atoms with Crippen molar-refractivity contribution < 1.29 is 9.18 Å². The van der Waals surface area contributed by atoms with Gasteiger partial charge < -0.3 is 0 Å². The molecule has 0 saturated heterocycles. The van der Waals surface area contributed by atoms with Crippen molar-refractivity contribution in [3.05, 3.63) is 69.6 Å². The number of aliphatic imine (C=N–C) groups is 1. The lowest BCUT2D eigenvalue weighted by Crippen LogP contribution is -2.31. The first kappa shape index (κ1) is 18.0. The van der Waals surface area contributed by atoms with Crippen LogP contribution in [0.3, 0.4) is 0 Å². The van der Waals surface area contributed by atoms with Crippen LogP contribution >= 0.6 is 35.0 Å². The van der Waals surface area contributed by atoms with Gasteiger partial charge in [0.2, 0.25) is 0 Å². The summed E-state index contributed by atoms with van der Waals surface area (Å²) in [5.74, 6) is -0.153. The Morgan fingerprint density at radius 1 is 1.20 bits per heavy atom. The summed E-state index contributed by atoms with van der Waals surface area (Å²) >= 11 is 13.3. The van der Waals surface area contributed by atoms with E-state index in [1.807, 2.05) is 6.92 Å². The maximum Gasteiger partial charge on any atom is 0.283 e. The van der Waals surface area contributed by atoms with Crippen LogP contribution in [-0.4, -0.2) is 16.8 Å². The van der Waals surface area contributed by atoms with Crippen molar-refractivity contribution in [3.63, 3.8) is 0 Å². The second kappa shape index (κ2) is 7.60. The van der Waals surface area contributed by atoms with Gasteiger partial charge in [0.25, 0.3) is 5.91 Å². The molecule has 1 aliphatic rings. The van der Waals surface area contributed by atoms with E-state index in [1.54, 1.807) is 42.5 Å². The van der Waals surface area contributed by atoms with Crippen LogP contribution in [0.4, 0.5) is 10.1 Å². The van der Waals surface area contributed by atoms with Crippen molar-refractivity contribution in [2.24, 2.45) is 4.99 Å². The van der Waals surface area contributed by atoms with Gasteiger partial charge in [0.1, 0.15) is 11.5 Å². The van der Waals surface area contributed by atoms with Crippen LogP contribution < -0.4 is 4.90 Å². The molecule has 25 heavy (non-hydrogen) atoms. The fraction of sp³-hybridized carbons (Fsp3) is 0.111. The molecule has 0 saturated carbocycles. The molecule has 2 aromatic carbocycles. The van der Waals surface area contributed by atoms with E-state index < -0.39 is 5.82 Å². The van der Waals surface area contributed by atoms with Crippen molar-refractivity contribution in [2.75, 3.05) is 10.7 Å². The summed E-state index contributed by atoms with van der Waals surface area (Å²) in [7, 11) is 0. The molecular weight excluding hydrogens is 382 g/mol. The number of rotatable bonds is 3. The predicted octanol–water partition coefficient (Wildman–Crippen LogP) is 5.63. The van der Waals surface area contributed by atoms with Gasteiger partial charge in [0.05, 0.1) is 15.7 Å². The van der Waals surface area contributed by atoms with Gasteiger partial charge in [0.15, 0.2) is 5.17 Å². The van der Waals surface area contributed by atoms with E-state index in [2.05, 4.69) is 4.99 Å². The quantitative estimate of drug-likeness (QED) is 0.631. The molecule has 0 aromatic heterocycles. The number of benzene rings is 2. The maximum atomic E-state index is 14.2. The number of thioether (sulfide) groups is 1. The zero-order valence-electron chi connectivity index (χ0n) is 13.2. The van der Waals surface area contributed by atoms with Crippen molar-refractivity contribution >= 4 is 57.8 Å². The van der Waals surface area contributed by atoms with E-state index in [-0.39, 0.29) is 17.3 Å². The minimum atomic E-state index is -0.476. The van der Waals surface area contributed by atoms with Gasteiger partial charge in [-0.15, -0.1) is 0 Å². The van der Waals surface area contributed by atoms with Gasteiger partial charge in [-0.3, -0.25) is 9.69 Å². The Hall–Kier alpha value is -1.82. The largest absolute Gasteiger partial charge is 0.283 e. The van der Waals surface area contributed by atoms with Gasteiger partial charge in [-0.25, -0.2) is 9.38 Å². The Morgan fingerprint density at radius 2 is 1.96 bits per heavy atom. The van der Waals surface area contributed by atoms with Gasteiger partial charge in [-0.1, -0.05) is 60.1 Å². The zero-order valence-corrected chi connectivity index (χ0v) is 15.5. The third kappa shape index (κ3) is 3.73. The number of halogens is 3. The molecule has 2 aromatic rings. The Bertz CT molecular complexity index is 898. The number of hydrogen-bond donors (Lipinski definition) is 0. The molecule has 0 spiro atoms.